The van der Waals surface area contributed by atoms with Crippen LogP contribution < -0.4 is 0 Å². The van der Waals surface area contributed by atoms with Gasteiger partial charge in [-0.25, -0.2) is 4.79 Å². The van der Waals surface area contributed by atoms with Gasteiger partial charge in [0.15, 0.2) is 5.78 Å². The molecule has 4 rings (SSSR count). The van der Waals surface area contributed by atoms with Gasteiger partial charge in [0.05, 0.1) is 0 Å². The van der Waals surface area contributed by atoms with E-state index < -0.39 is 5.60 Å². The molecule has 1 aromatic carbocycles. The molecule has 1 saturated heterocycles. The highest BCUT2D eigenvalue weighted by Gasteiger charge is 2.49. The van der Waals surface area contributed by atoms with Crippen LogP contribution >= 0.6 is 0 Å². The number of likely N-dealkylation sites (tertiary alicyclic amines) is 1. The van der Waals surface area contributed by atoms with Crippen molar-refractivity contribution in [2.75, 3.05) is 13.1 Å². The molecule has 0 radical (unpaired) electrons. The standard InChI is InChI=1S/C24H32N2O4/c1-15-10-18(16(2)27)20-12-26(21(28)19(20)11-15)17-6-8-24(9-7-17)13-25(14-24)22(29)30-23(3,4)5/h10-11,17H,6-9,12-14H2,1-5H3. The Morgan fingerprint density at radius 3 is 2.33 bits per heavy atom. The SMILES string of the molecule is CC(=O)c1cc(C)cc2c1CN(C1CCC3(CC1)CN(C(=O)OC(C)(C)C)C3)C2=O. The van der Waals surface area contributed by atoms with Crippen LogP contribution in [-0.2, 0) is 11.3 Å². The zero-order valence-corrected chi connectivity index (χ0v) is 18.7. The van der Waals surface area contributed by atoms with Gasteiger partial charge in [-0.3, -0.25) is 9.59 Å². The lowest BCUT2D eigenvalue weighted by Crippen LogP contribution is -2.61. The Morgan fingerprint density at radius 2 is 1.77 bits per heavy atom. The molecule has 2 aliphatic heterocycles. The fraction of sp³-hybridized carbons (Fsp3) is 0.625. The highest BCUT2D eigenvalue weighted by atomic mass is 16.6. The third-order valence-corrected chi connectivity index (χ3v) is 6.75. The third kappa shape index (κ3) is 3.72. The molecule has 3 aliphatic rings. The molecule has 0 bridgehead atoms. The first kappa shape index (κ1) is 20.9. The lowest BCUT2D eigenvalue weighted by atomic mass is 9.67. The van der Waals surface area contributed by atoms with Gasteiger partial charge in [-0.15, -0.1) is 0 Å². The lowest BCUT2D eigenvalue weighted by Gasteiger charge is -2.53. The number of carbonyl (C=O) groups is 3. The van der Waals surface area contributed by atoms with E-state index in [1.807, 2.05) is 44.7 Å². The molecule has 162 valence electrons. The van der Waals surface area contributed by atoms with E-state index in [0.29, 0.717) is 17.7 Å². The van der Waals surface area contributed by atoms with Crippen molar-refractivity contribution in [3.8, 4) is 0 Å². The molecule has 1 aliphatic carbocycles. The molecule has 0 unspecified atom stereocenters. The van der Waals surface area contributed by atoms with Crippen molar-refractivity contribution < 1.29 is 19.1 Å². The van der Waals surface area contributed by atoms with E-state index in [2.05, 4.69) is 0 Å². The van der Waals surface area contributed by atoms with Crippen LogP contribution in [-0.4, -0.2) is 52.3 Å². The summed E-state index contributed by atoms with van der Waals surface area (Å²) in [6, 6.07) is 4.01. The molecule has 2 fully saturated rings. The van der Waals surface area contributed by atoms with Crippen molar-refractivity contribution >= 4 is 17.8 Å². The molecule has 1 aromatic rings. The van der Waals surface area contributed by atoms with Crippen LogP contribution in [0, 0.1) is 12.3 Å². The summed E-state index contributed by atoms with van der Waals surface area (Å²) in [4.78, 5) is 41.2. The molecule has 1 saturated carbocycles. The first-order valence-electron chi connectivity index (χ1n) is 10.9. The summed E-state index contributed by atoms with van der Waals surface area (Å²) in [6.45, 7) is 11.2. The second kappa shape index (κ2) is 7.10. The number of aryl methyl sites for hydroxylation is 1. The predicted octanol–water partition coefficient (Wildman–Crippen LogP) is 4.33. The minimum Gasteiger partial charge on any atom is -0.444 e. The quantitative estimate of drug-likeness (QED) is 0.678. The van der Waals surface area contributed by atoms with Gasteiger partial charge < -0.3 is 14.5 Å². The molecule has 1 spiro atoms. The van der Waals surface area contributed by atoms with Crippen molar-refractivity contribution in [1.29, 1.82) is 0 Å². The number of ether oxygens (including phenoxy) is 1. The number of amides is 2. The Labute approximate surface area is 178 Å². The third-order valence-electron chi connectivity index (χ3n) is 6.75. The predicted molar refractivity (Wildman–Crippen MR) is 114 cm³/mol. The van der Waals surface area contributed by atoms with E-state index in [0.717, 1.165) is 49.9 Å². The molecule has 2 amide bonds. The molecule has 0 aromatic heterocycles. The number of hydrogen-bond donors (Lipinski definition) is 0. The van der Waals surface area contributed by atoms with E-state index in [4.69, 9.17) is 4.74 Å². The number of benzene rings is 1. The largest absolute Gasteiger partial charge is 0.444 e. The summed E-state index contributed by atoms with van der Waals surface area (Å²) in [5, 5.41) is 0. The van der Waals surface area contributed by atoms with Gasteiger partial charge in [-0.2, -0.15) is 0 Å². The van der Waals surface area contributed by atoms with Crippen LogP contribution in [0.15, 0.2) is 12.1 Å². The normalized spacial score (nSPS) is 20.9. The van der Waals surface area contributed by atoms with Gasteiger partial charge in [0, 0.05) is 42.2 Å². The van der Waals surface area contributed by atoms with Crippen molar-refractivity contribution in [3.05, 3.63) is 34.4 Å². The Balaban J connectivity index is 1.38. The van der Waals surface area contributed by atoms with E-state index in [9.17, 15) is 14.4 Å². The molecule has 30 heavy (non-hydrogen) atoms. The van der Waals surface area contributed by atoms with Crippen molar-refractivity contribution in [3.63, 3.8) is 0 Å². The Morgan fingerprint density at radius 1 is 1.13 bits per heavy atom. The van der Waals surface area contributed by atoms with E-state index in [1.165, 1.54) is 0 Å². The minimum atomic E-state index is -0.473. The summed E-state index contributed by atoms with van der Waals surface area (Å²) < 4.78 is 5.47. The van der Waals surface area contributed by atoms with Gasteiger partial charge in [-0.05, 0) is 83.6 Å². The topological polar surface area (TPSA) is 66.9 Å². The minimum absolute atomic E-state index is 0.0175. The maximum Gasteiger partial charge on any atom is 0.410 e. The highest BCUT2D eigenvalue weighted by Crippen LogP contribution is 2.46. The Hall–Kier alpha value is -2.37. The van der Waals surface area contributed by atoms with Crippen LogP contribution in [0.3, 0.4) is 0 Å². The maximum atomic E-state index is 13.1. The second-order valence-electron chi connectivity index (χ2n) is 10.4. The fourth-order valence-corrected chi connectivity index (χ4v) is 5.25. The fourth-order valence-electron chi connectivity index (χ4n) is 5.25. The zero-order chi connectivity index (χ0) is 21.8. The van der Waals surface area contributed by atoms with Gasteiger partial charge in [0.25, 0.3) is 5.91 Å². The zero-order valence-electron chi connectivity index (χ0n) is 18.7. The van der Waals surface area contributed by atoms with Crippen molar-refractivity contribution in [1.82, 2.24) is 9.80 Å². The Kier molecular flexibility index (Phi) is 4.94. The van der Waals surface area contributed by atoms with Crippen molar-refractivity contribution in [2.45, 2.75) is 78.5 Å². The summed E-state index contributed by atoms with van der Waals surface area (Å²) in [7, 11) is 0. The monoisotopic (exact) mass is 412 g/mol. The first-order chi connectivity index (χ1) is 14.0. The van der Waals surface area contributed by atoms with Crippen LogP contribution in [0.25, 0.3) is 0 Å². The van der Waals surface area contributed by atoms with E-state index >= 15 is 0 Å². The van der Waals surface area contributed by atoms with Crippen LogP contribution in [0.5, 0.6) is 0 Å². The highest BCUT2D eigenvalue weighted by molar-refractivity contribution is 6.04. The Bertz CT molecular complexity index is 899. The number of fused-ring (bicyclic) bond motifs is 1. The van der Waals surface area contributed by atoms with Gasteiger partial charge in [0.1, 0.15) is 5.60 Å². The summed E-state index contributed by atoms with van der Waals surface area (Å²) in [6.07, 6.45) is 3.67. The average Bonchev–Trinajstić information content (AvgIpc) is 2.94. The van der Waals surface area contributed by atoms with Gasteiger partial charge in [-0.1, -0.05) is 0 Å². The van der Waals surface area contributed by atoms with Gasteiger partial charge in [0.2, 0.25) is 0 Å². The summed E-state index contributed by atoms with van der Waals surface area (Å²) in [5.74, 6) is 0.0741. The van der Waals surface area contributed by atoms with Crippen molar-refractivity contribution in [2.24, 2.45) is 5.41 Å². The number of rotatable bonds is 2. The number of carbonyl (C=O) groups excluding carboxylic acids is 3. The summed E-state index contributed by atoms with van der Waals surface area (Å²) in [5.41, 5.74) is 2.91. The number of ketones is 1. The summed E-state index contributed by atoms with van der Waals surface area (Å²) >= 11 is 0. The van der Waals surface area contributed by atoms with Gasteiger partial charge >= 0.3 is 6.09 Å². The maximum absolute atomic E-state index is 13.1. The molecule has 2 heterocycles. The number of nitrogens with zero attached hydrogens (tertiary/aromatic N) is 2. The van der Waals surface area contributed by atoms with E-state index in [1.54, 1.807) is 11.8 Å². The van der Waals surface area contributed by atoms with E-state index in [-0.39, 0.29) is 29.2 Å². The number of Topliss-reactive ketones (excluding diaryl/α,β-unsaturated/α-hetero) is 1. The average molecular weight is 413 g/mol. The molecular formula is C24H32N2O4. The smallest absolute Gasteiger partial charge is 0.410 e. The molecule has 6 heteroatoms. The lowest BCUT2D eigenvalue weighted by molar-refractivity contribution is -0.0566. The molecule has 6 nitrogen and oxygen atoms in total. The molecule has 0 N–H and O–H groups in total. The molecule has 0 atom stereocenters. The first-order valence-corrected chi connectivity index (χ1v) is 10.9. The number of hydrogen-bond acceptors (Lipinski definition) is 4. The molecular weight excluding hydrogens is 380 g/mol. The van der Waals surface area contributed by atoms with Crippen LogP contribution in [0.4, 0.5) is 4.79 Å². The van der Waals surface area contributed by atoms with Crippen LogP contribution in [0.2, 0.25) is 0 Å². The van der Waals surface area contributed by atoms with Crippen LogP contribution in [0.1, 0.15) is 85.2 Å². The second-order valence-corrected chi connectivity index (χ2v) is 10.4.